The van der Waals surface area contributed by atoms with Gasteiger partial charge in [0.2, 0.25) is 0 Å². The van der Waals surface area contributed by atoms with Gasteiger partial charge < -0.3 is 10.1 Å². The Morgan fingerprint density at radius 1 is 1.53 bits per heavy atom. The quantitative estimate of drug-likeness (QED) is 0.822. The summed E-state index contributed by atoms with van der Waals surface area (Å²) in [5, 5.41) is 7.58. The van der Waals surface area contributed by atoms with E-state index in [0.29, 0.717) is 5.41 Å². The molecule has 84 valence electrons. The van der Waals surface area contributed by atoms with Gasteiger partial charge >= 0.3 is 0 Å². The van der Waals surface area contributed by atoms with Crippen LogP contribution in [0.1, 0.15) is 19.8 Å². The van der Waals surface area contributed by atoms with Crippen molar-refractivity contribution in [2.45, 2.75) is 19.8 Å². The van der Waals surface area contributed by atoms with Gasteiger partial charge in [-0.3, -0.25) is 4.68 Å². The Morgan fingerprint density at radius 2 is 2.27 bits per heavy atom. The second-order valence-electron chi connectivity index (χ2n) is 4.62. The largest absolute Gasteiger partial charge is 0.381 e. The molecule has 0 aliphatic carbocycles. The van der Waals surface area contributed by atoms with Crippen molar-refractivity contribution in [1.29, 1.82) is 0 Å². The molecular formula is C11H19N3O. The maximum absolute atomic E-state index is 5.38. The third-order valence-electron chi connectivity index (χ3n) is 3.22. The van der Waals surface area contributed by atoms with Gasteiger partial charge in [-0.15, -0.1) is 0 Å². The highest BCUT2D eigenvalue weighted by molar-refractivity contribution is 5.33. The van der Waals surface area contributed by atoms with Gasteiger partial charge in [-0.25, -0.2) is 0 Å². The molecule has 0 unspecified atom stereocenters. The number of nitrogens with zero attached hydrogens (tertiary/aromatic N) is 2. The van der Waals surface area contributed by atoms with Crippen LogP contribution in [0, 0.1) is 5.41 Å². The molecule has 0 bridgehead atoms. The maximum Gasteiger partial charge on any atom is 0.123 e. The first kappa shape index (κ1) is 10.5. The fourth-order valence-electron chi connectivity index (χ4n) is 1.89. The van der Waals surface area contributed by atoms with Crippen molar-refractivity contribution < 1.29 is 4.74 Å². The van der Waals surface area contributed by atoms with E-state index in [-0.39, 0.29) is 0 Å². The molecule has 0 amide bonds. The van der Waals surface area contributed by atoms with Crippen LogP contribution in [-0.2, 0) is 11.8 Å². The molecule has 0 spiro atoms. The second kappa shape index (κ2) is 4.23. The first-order valence-corrected chi connectivity index (χ1v) is 5.49. The minimum absolute atomic E-state index is 0.364. The van der Waals surface area contributed by atoms with E-state index in [1.165, 1.54) is 0 Å². The molecule has 1 aromatic heterocycles. The highest BCUT2D eigenvalue weighted by atomic mass is 16.5. The Morgan fingerprint density at radius 3 is 2.87 bits per heavy atom. The molecule has 1 aliphatic rings. The van der Waals surface area contributed by atoms with Crippen LogP contribution in [0.4, 0.5) is 5.82 Å². The van der Waals surface area contributed by atoms with Crippen LogP contribution in [-0.4, -0.2) is 29.5 Å². The number of rotatable bonds is 3. The Hall–Kier alpha value is -1.03. The van der Waals surface area contributed by atoms with Gasteiger partial charge in [0.25, 0.3) is 0 Å². The Bertz CT molecular complexity index is 315. The van der Waals surface area contributed by atoms with E-state index in [1.807, 2.05) is 24.0 Å². The minimum atomic E-state index is 0.364. The van der Waals surface area contributed by atoms with Crippen LogP contribution in [0.5, 0.6) is 0 Å². The monoisotopic (exact) mass is 209 g/mol. The third-order valence-corrected chi connectivity index (χ3v) is 3.22. The first-order valence-electron chi connectivity index (χ1n) is 5.49. The van der Waals surface area contributed by atoms with Crippen LogP contribution in [0.25, 0.3) is 0 Å². The molecule has 1 saturated heterocycles. The van der Waals surface area contributed by atoms with E-state index < -0.39 is 0 Å². The molecule has 1 aliphatic heterocycles. The molecule has 0 aromatic carbocycles. The molecule has 1 N–H and O–H groups in total. The van der Waals surface area contributed by atoms with Crippen molar-refractivity contribution in [2.75, 3.05) is 25.1 Å². The average Bonchev–Trinajstić information content (AvgIpc) is 2.62. The summed E-state index contributed by atoms with van der Waals surface area (Å²) in [5.74, 6) is 1.09. The summed E-state index contributed by atoms with van der Waals surface area (Å²) in [7, 11) is 1.95. The second-order valence-corrected chi connectivity index (χ2v) is 4.62. The van der Waals surface area contributed by atoms with E-state index in [4.69, 9.17) is 4.74 Å². The summed E-state index contributed by atoms with van der Waals surface area (Å²) in [6, 6.07) is 2.00. The summed E-state index contributed by atoms with van der Waals surface area (Å²) in [6.07, 6.45) is 4.09. The zero-order valence-corrected chi connectivity index (χ0v) is 9.49. The fourth-order valence-corrected chi connectivity index (χ4v) is 1.89. The van der Waals surface area contributed by atoms with Gasteiger partial charge in [-0.1, -0.05) is 6.92 Å². The highest BCUT2D eigenvalue weighted by Crippen LogP contribution is 2.29. The van der Waals surface area contributed by atoms with E-state index in [1.54, 1.807) is 0 Å². The lowest BCUT2D eigenvalue weighted by Crippen LogP contribution is -2.33. The summed E-state index contributed by atoms with van der Waals surface area (Å²) in [4.78, 5) is 0. The lowest BCUT2D eigenvalue weighted by Gasteiger charge is -2.33. The molecule has 1 aromatic rings. The standard InChI is InChI=1S/C11H19N3O/c1-11(4-7-15-8-5-11)9-12-10-3-6-13-14(10)2/h3,6,12H,4-5,7-9H2,1-2H3. The molecule has 4 heteroatoms. The predicted octanol–water partition coefficient (Wildman–Crippen LogP) is 1.65. The number of aryl methyl sites for hydroxylation is 1. The number of hydrogen-bond acceptors (Lipinski definition) is 3. The van der Waals surface area contributed by atoms with Gasteiger partial charge in [0.15, 0.2) is 0 Å². The molecule has 0 saturated carbocycles. The van der Waals surface area contributed by atoms with Crippen molar-refractivity contribution in [3.63, 3.8) is 0 Å². The number of ether oxygens (including phenoxy) is 1. The molecule has 15 heavy (non-hydrogen) atoms. The van der Waals surface area contributed by atoms with Crippen LogP contribution < -0.4 is 5.32 Å². The van der Waals surface area contributed by atoms with Crippen molar-refractivity contribution in [2.24, 2.45) is 12.5 Å². The molecule has 1 fully saturated rings. The molecule has 2 rings (SSSR count). The van der Waals surface area contributed by atoms with Crippen molar-refractivity contribution in [3.05, 3.63) is 12.3 Å². The summed E-state index contributed by atoms with van der Waals surface area (Å²) < 4.78 is 7.24. The third kappa shape index (κ3) is 2.50. The SMILES string of the molecule is Cn1nccc1NCC1(C)CCOCC1. The lowest BCUT2D eigenvalue weighted by molar-refractivity contribution is 0.0299. The normalized spacial score (nSPS) is 20.1. The van der Waals surface area contributed by atoms with Crippen LogP contribution in [0.2, 0.25) is 0 Å². The number of anilines is 1. The van der Waals surface area contributed by atoms with E-state index >= 15 is 0 Å². The molecular weight excluding hydrogens is 190 g/mol. The zero-order valence-electron chi connectivity index (χ0n) is 9.49. The molecule has 0 radical (unpaired) electrons. The van der Waals surface area contributed by atoms with Crippen LogP contribution >= 0.6 is 0 Å². The van der Waals surface area contributed by atoms with Gasteiger partial charge in [0.1, 0.15) is 5.82 Å². The summed E-state index contributed by atoms with van der Waals surface area (Å²) in [5.41, 5.74) is 0.364. The molecule has 4 nitrogen and oxygen atoms in total. The van der Waals surface area contributed by atoms with E-state index in [0.717, 1.165) is 38.4 Å². The number of nitrogens with one attached hydrogen (secondary N) is 1. The maximum atomic E-state index is 5.38. The average molecular weight is 209 g/mol. The zero-order chi connectivity index (χ0) is 10.7. The lowest BCUT2D eigenvalue weighted by atomic mass is 9.82. The van der Waals surface area contributed by atoms with Gasteiger partial charge in [0.05, 0.1) is 6.20 Å². The van der Waals surface area contributed by atoms with E-state index in [2.05, 4.69) is 17.3 Å². The Balaban J connectivity index is 1.89. The summed E-state index contributed by atoms with van der Waals surface area (Å²) >= 11 is 0. The van der Waals surface area contributed by atoms with Crippen molar-refractivity contribution >= 4 is 5.82 Å². The van der Waals surface area contributed by atoms with Crippen molar-refractivity contribution in [3.8, 4) is 0 Å². The molecule has 0 atom stereocenters. The predicted molar refractivity (Wildman–Crippen MR) is 59.9 cm³/mol. The van der Waals surface area contributed by atoms with E-state index in [9.17, 15) is 0 Å². The molecule has 2 heterocycles. The fraction of sp³-hybridized carbons (Fsp3) is 0.727. The highest BCUT2D eigenvalue weighted by Gasteiger charge is 2.27. The van der Waals surface area contributed by atoms with Crippen LogP contribution in [0.15, 0.2) is 12.3 Å². The first-order chi connectivity index (χ1) is 7.20. The summed E-state index contributed by atoms with van der Waals surface area (Å²) in [6.45, 7) is 5.10. The minimum Gasteiger partial charge on any atom is -0.381 e. The van der Waals surface area contributed by atoms with Crippen LogP contribution in [0.3, 0.4) is 0 Å². The van der Waals surface area contributed by atoms with Gasteiger partial charge in [-0.05, 0) is 18.3 Å². The Labute approximate surface area is 90.6 Å². The smallest absolute Gasteiger partial charge is 0.123 e. The number of aromatic nitrogens is 2. The Kier molecular flexibility index (Phi) is 2.95. The van der Waals surface area contributed by atoms with Gasteiger partial charge in [-0.2, -0.15) is 5.10 Å². The van der Waals surface area contributed by atoms with Gasteiger partial charge in [0, 0.05) is 32.9 Å². The number of hydrogen-bond donors (Lipinski definition) is 1. The topological polar surface area (TPSA) is 39.1 Å². The van der Waals surface area contributed by atoms with Crippen molar-refractivity contribution in [1.82, 2.24) is 9.78 Å².